The van der Waals surface area contributed by atoms with Crippen molar-refractivity contribution in [3.63, 3.8) is 0 Å². The summed E-state index contributed by atoms with van der Waals surface area (Å²) in [5, 5.41) is 3.35. The smallest absolute Gasteiger partial charge is 0.312 e. The Morgan fingerprint density at radius 3 is 2.18 bits per heavy atom. The number of esters is 1. The molecule has 0 spiro atoms. The Hall–Kier alpha value is -0.570. The zero-order valence-electron chi connectivity index (χ0n) is 14.2. The van der Waals surface area contributed by atoms with Gasteiger partial charge in [0.1, 0.15) is 0 Å². The standard InChI is InChI=1S/C19H33NO2/c1-2-20-7-5-3-4-6-8-22-18(21)19-12-15-9-16(13-19)11-17(10-15)14-19/h15-17,20H,2-14H2,1H3. The van der Waals surface area contributed by atoms with Crippen molar-refractivity contribution in [1.82, 2.24) is 5.32 Å². The molecule has 0 amide bonds. The molecule has 4 bridgehead atoms. The van der Waals surface area contributed by atoms with Crippen LogP contribution >= 0.6 is 0 Å². The predicted molar refractivity (Wildman–Crippen MR) is 88.6 cm³/mol. The van der Waals surface area contributed by atoms with Crippen molar-refractivity contribution in [2.24, 2.45) is 23.2 Å². The van der Waals surface area contributed by atoms with E-state index in [0.29, 0.717) is 6.61 Å². The molecule has 0 aliphatic heterocycles. The topological polar surface area (TPSA) is 38.3 Å². The van der Waals surface area contributed by atoms with E-state index in [1.807, 2.05) is 0 Å². The van der Waals surface area contributed by atoms with E-state index in [1.165, 1.54) is 38.5 Å². The van der Waals surface area contributed by atoms with Crippen LogP contribution in [0.4, 0.5) is 0 Å². The van der Waals surface area contributed by atoms with Gasteiger partial charge >= 0.3 is 5.97 Å². The molecule has 0 aromatic carbocycles. The zero-order valence-corrected chi connectivity index (χ0v) is 14.2. The van der Waals surface area contributed by atoms with Gasteiger partial charge in [-0.1, -0.05) is 19.8 Å². The van der Waals surface area contributed by atoms with Crippen molar-refractivity contribution < 1.29 is 9.53 Å². The maximum atomic E-state index is 12.6. The summed E-state index contributed by atoms with van der Waals surface area (Å²) in [7, 11) is 0. The van der Waals surface area contributed by atoms with Gasteiger partial charge in [-0.2, -0.15) is 0 Å². The molecular weight excluding hydrogens is 274 g/mol. The summed E-state index contributed by atoms with van der Waals surface area (Å²) in [6.45, 7) is 4.96. The predicted octanol–water partition coefficient (Wildman–Crippen LogP) is 3.92. The number of nitrogens with one attached hydrogen (secondary N) is 1. The van der Waals surface area contributed by atoms with Gasteiger partial charge < -0.3 is 10.1 Å². The van der Waals surface area contributed by atoms with Crippen molar-refractivity contribution in [1.29, 1.82) is 0 Å². The molecule has 0 heterocycles. The van der Waals surface area contributed by atoms with Crippen LogP contribution in [0, 0.1) is 23.2 Å². The maximum absolute atomic E-state index is 12.6. The van der Waals surface area contributed by atoms with Gasteiger partial charge in [-0.3, -0.25) is 4.79 Å². The molecule has 126 valence electrons. The molecular formula is C19H33NO2. The van der Waals surface area contributed by atoms with Crippen molar-refractivity contribution in [2.45, 2.75) is 71.1 Å². The van der Waals surface area contributed by atoms with E-state index in [0.717, 1.165) is 56.5 Å². The largest absolute Gasteiger partial charge is 0.465 e. The molecule has 3 heteroatoms. The fraction of sp³-hybridized carbons (Fsp3) is 0.947. The van der Waals surface area contributed by atoms with Crippen LogP contribution in [0.1, 0.15) is 71.1 Å². The molecule has 4 aliphatic rings. The molecule has 0 unspecified atom stereocenters. The summed E-state index contributed by atoms with van der Waals surface area (Å²) in [5.74, 6) is 2.62. The van der Waals surface area contributed by atoms with Crippen molar-refractivity contribution in [2.75, 3.05) is 19.7 Å². The van der Waals surface area contributed by atoms with Crippen LogP contribution in [0.25, 0.3) is 0 Å². The van der Waals surface area contributed by atoms with E-state index in [2.05, 4.69) is 12.2 Å². The first-order valence-corrected chi connectivity index (χ1v) is 9.60. The Balaban J connectivity index is 1.34. The highest BCUT2D eigenvalue weighted by Crippen LogP contribution is 2.60. The SMILES string of the molecule is CCNCCCCCCOC(=O)C12CC3CC(CC(C3)C1)C2. The van der Waals surface area contributed by atoms with Crippen LogP contribution in [-0.4, -0.2) is 25.7 Å². The second-order valence-corrected chi connectivity index (χ2v) is 8.10. The number of rotatable bonds is 9. The Labute approximate surface area is 135 Å². The Morgan fingerprint density at radius 2 is 1.59 bits per heavy atom. The van der Waals surface area contributed by atoms with Gasteiger partial charge in [-0.05, 0) is 82.2 Å². The Bertz CT molecular complexity index is 344. The Morgan fingerprint density at radius 1 is 1.00 bits per heavy atom. The minimum absolute atomic E-state index is 0.0696. The number of hydrogen-bond donors (Lipinski definition) is 1. The molecule has 4 aliphatic carbocycles. The van der Waals surface area contributed by atoms with Gasteiger partial charge in [-0.15, -0.1) is 0 Å². The molecule has 22 heavy (non-hydrogen) atoms. The summed E-state index contributed by atoms with van der Waals surface area (Å²) < 4.78 is 5.70. The molecule has 0 atom stereocenters. The molecule has 0 radical (unpaired) electrons. The second-order valence-electron chi connectivity index (χ2n) is 8.10. The third-order valence-corrected chi connectivity index (χ3v) is 6.20. The lowest BCUT2D eigenvalue weighted by Crippen LogP contribution is -2.50. The summed E-state index contributed by atoms with van der Waals surface area (Å²) in [5.41, 5.74) is -0.0696. The highest BCUT2D eigenvalue weighted by molar-refractivity contribution is 5.77. The van der Waals surface area contributed by atoms with Crippen molar-refractivity contribution in [3.8, 4) is 0 Å². The van der Waals surface area contributed by atoms with Crippen LogP contribution in [0.3, 0.4) is 0 Å². The van der Waals surface area contributed by atoms with Crippen molar-refractivity contribution in [3.05, 3.63) is 0 Å². The number of hydrogen-bond acceptors (Lipinski definition) is 3. The van der Waals surface area contributed by atoms with Gasteiger partial charge in [0.25, 0.3) is 0 Å². The van der Waals surface area contributed by atoms with E-state index < -0.39 is 0 Å². The first-order chi connectivity index (χ1) is 10.7. The van der Waals surface area contributed by atoms with E-state index in [-0.39, 0.29) is 11.4 Å². The first kappa shape index (κ1) is 16.3. The average Bonchev–Trinajstić information content (AvgIpc) is 2.48. The Kier molecular flexibility index (Phi) is 5.43. The molecule has 3 nitrogen and oxygen atoms in total. The van der Waals surface area contributed by atoms with Crippen LogP contribution in [0.15, 0.2) is 0 Å². The fourth-order valence-corrected chi connectivity index (χ4v) is 5.56. The molecule has 1 N–H and O–H groups in total. The molecule has 0 aromatic rings. The lowest BCUT2D eigenvalue weighted by atomic mass is 9.49. The molecule has 0 saturated heterocycles. The van der Waals surface area contributed by atoms with E-state index >= 15 is 0 Å². The summed E-state index contributed by atoms with van der Waals surface area (Å²) in [4.78, 5) is 12.6. The van der Waals surface area contributed by atoms with Gasteiger partial charge in [-0.25, -0.2) is 0 Å². The monoisotopic (exact) mass is 307 g/mol. The van der Waals surface area contributed by atoms with E-state index in [1.54, 1.807) is 0 Å². The maximum Gasteiger partial charge on any atom is 0.312 e. The van der Waals surface area contributed by atoms with Gasteiger partial charge in [0.2, 0.25) is 0 Å². The van der Waals surface area contributed by atoms with Gasteiger partial charge in [0.15, 0.2) is 0 Å². The number of carbonyl (C=O) groups excluding carboxylic acids is 1. The molecule has 4 saturated carbocycles. The third-order valence-electron chi connectivity index (χ3n) is 6.20. The summed E-state index contributed by atoms with van der Waals surface area (Å²) >= 11 is 0. The van der Waals surface area contributed by atoms with E-state index in [4.69, 9.17) is 4.74 Å². The lowest BCUT2D eigenvalue weighted by Gasteiger charge is -2.55. The second kappa shape index (κ2) is 7.33. The normalized spacial score (nSPS) is 35.8. The first-order valence-electron chi connectivity index (χ1n) is 9.60. The zero-order chi connectivity index (χ0) is 15.4. The fourth-order valence-electron chi connectivity index (χ4n) is 5.56. The number of unbranched alkanes of at least 4 members (excludes halogenated alkanes) is 3. The molecule has 4 rings (SSSR count). The highest BCUT2D eigenvalue weighted by atomic mass is 16.5. The van der Waals surface area contributed by atoms with Crippen LogP contribution < -0.4 is 5.32 Å². The summed E-state index contributed by atoms with van der Waals surface area (Å²) in [6, 6.07) is 0. The number of ether oxygens (including phenoxy) is 1. The highest BCUT2D eigenvalue weighted by Gasteiger charge is 2.55. The third kappa shape index (κ3) is 3.67. The van der Waals surface area contributed by atoms with Gasteiger partial charge in [0, 0.05) is 0 Å². The minimum Gasteiger partial charge on any atom is -0.465 e. The van der Waals surface area contributed by atoms with Crippen LogP contribution in [0.2, 0.25) is 0 Å². The van der Waals surface area contributed by atoms with E-state index in [9.17, 15) is 4.79 Å². The number of carbonyl (C=O) groups is 1. The van der Waals surface area contributed by atoms with Crippen molar-refractivity contribution >= 4 is 5.97 Å². The van der Waals surface area contributed by atoms with Crippen LogP contribution in [-0.2, 0) is 9.53 Å². The average molecular weight is 307 g/mol. The van der Waals surface area contributed by atoms with Crippen LogP contribution in [0.5, 0.6) is 0 Å². The lowest BCUT2D eigenvalue weighted by molar-refractivity contribution is -0.171. The molecule has 0 aromatic heterocycles. The summed E-state index contributed by atoms with van der Waals surface area (Å²) in [6.07, 6.45) is 12.2. The molecule has 4 fully saturated rings. The van der Waals surface area contributed by atoms with Gasteiger partial charge in [0.05, 0.1) is 12.0 Å². The minimum atomic E-state index is -0.0696. The quantitative estimate of drug-likeness (QED) is 0.518.